The van der Waals surface area contributed by atoms with Crippen molar-refractivity contribution >= 4 is 17.1 Å². The van der Waals surface area contributed by atoms with Crippen LogP contribution < -0.4 is 10.2 Å². The van der Waals surface area contributed by atoms with Gasteiger partial charge in [0.25, 0.3) is 0 Å². The Morgan fingerprint density at radius 1 is 0.842 bits per heavy atom. The normalized spacial score (nSPS) is 15.3. The SMILES string of the molecule is c1ccc(Nc2ccccc2N2CCOCC2)cc1. The summed E-state index contributed by atoms with van der Waals surface area (Å²) < 4.78 is 5.42. The molecule has 3 heteroatoms. The molecule has 1 aliphatic rings. The zero-order valence-corrected chi connectivity index (χ0v) is 10.9. The zero-order valence-electron chi connectivity index (χ0n) is 10.9. The number of anilines is 3. The molecule has 1 aliphatic heterocycles. The molecular formula is C16H18N2O. The third-order valence-corrected chi connectivity index (χ3v) is 3.31. The second-order valence-electron chi connectivity index (χ2n) is 4.61. The van der Waals surface area contributed by atoms with Crippen LogP contribution in [-0.4, -0.2) is 26.3 Å². The van der Waals surface area contributed by atoms with Crippen molar-refractivity contribution in [1.29, 1.82) is 0 Å². The first-order valence-corrected chi connectivity index (χ1v) is 6.67. The highest BCUT2D eigenvalue weighted by molar-refractivity contribution is 5.75. The lowest BCUT2D eigenvalue weighted by atomic mass is 10.2. The number of nitrogens with zero attached hydrogens (tertiary/aromatic N) is 1. The molecule has 0 saturated carbocycles. The van der Waals surface area contributed by atoms with Gasteiger partial charge in [0.15, 0.2) is 0 Å². The van der Waals surface area contributed by atoms with E-state index in [4.69, 9.17) is 4.74 Å². The molecule has 0 amide bonds. The molecule has 0 bridgehead atoms. The van der Waals surface area contributed by atoms with Crippen LogP contribution in [0.1, 0.15) is 0 Å². The van der Waals surface area contributed by atoms with Gasteiger partial charge in [-0.05, 0) is 24.3 Å². The van der Waals surface area contributed by atoms with Crippen LogP contribution in [0.3, 0.4) is 0 Å². The van der Waals surface area contributed by atoms with Crippen molar-refractivity contribution in [2.24, 2.45) is 0 Å². The molecule has 1 N–H and O–H groups in total. The maximum absolute atomic E-state index is 5.42. The Hall–Kier alpha value is -2.00. The molecule has 2 aromatic carbocycles. The van der Waals surface area contributed by atoms with Crippen LogP contribution in [0, 0.1) is 0 Å². The van der Waals surface area contributed by atoms with Crippen LogP contribution in [-0.2, 0) is 4.74 Å². The molecule has 0 unspecified atom stereocenters. The van der Waals surface area contributed by atoms with E-state index < -0.39 is 0 Å². The van der Waals surface area contributed by atoms with Crippen LogP contribution in [0.25, 0.3) is 0 Å². The molecule has 19 heavy (non-hydrogen) atoms. The third kappa shape index (κ3) is 2.88. The first-order chi connectivity index (χ1) is 9.43. The second-order valence-corrected chi connectivity index (χ2v) is 4.61. The predicted molar refractivity (Wildman–Crippen MR) is 79.2 cm³/mol. The highest BCUT2D eigenvalue weighted by Gasteiger charge is 2.14. The van der Waals surface area contributed by atoms with E-state index in [-0.39, 0.29) is 0 Å². The summed E-state index contributed by atoms with van der Waals surface area (Å²) >= 11 is 0. The summed E-state index contributed by atoms with van der Waals surface area (Å²) in [6, 6.07) is 18.7. The Morgan fingerprint density at radius 3 is 2.32 bits per heavy atom. The minimum Gasteiger partial charge on any atom is -0.378 e. The number of benzene rings is 2. The average molecular weight is 254 g/mol. The predicted octanol–water partition coefficient (Wildman–Crippen LogP) is 3.27. The summed E-state index contributed by atoms with van der Waals surface area (Å²) in [6.45, 7) is 3.51. The lowest BCUT2D eigenvalue weighted by Gasteiger charge is -2.30. The van der Waals surface area contributed by atoms with Gasteiger partial charge in [0.2, 0.25) is 0 Å². The second kappa shape index (κ2) is 5.76. The summed E-state index contributed by atoms with van der Waals surface area (Å²) in [4.78, 5) is 2.37. The van der Waals surface area contributed by atoms with Crippen LogP contribution >= 0.6 is 0 Å². The molecule has 0 aliphatic carbocycles. The minimum atomic E-state index is 0.805. The maximum atomic E-state index is 5.42. The molecule has 0 aromatic heterocycles. The quantitative estimate of drug-likeness (QED) is 0.909. The van der Waals surface area contributed by atoms with E-state index in [9.17, 15) is 0 Å². The molecule has 3 nitrogen and oxygen atoms in total. The molecular weight excluding hydrogens is 236 g/mol. The number of hydrogen-bond acceptors (Lipinski definition) is 3. The van der Waals surface area contributed by atoms with E-state index in [0.717, 1.165) is 37.7 Å². The van der Waals surface area contributed by atoms with E-state index >= 15 is 0 Å². The lowest BCUT2D eigenvalue weighted by molar-refractivity contribution is 0.123. The van der Waals surface area contributed by atoms with Crippen molar-refractivity contribution < 1.29 is 4.74 Å². The largest absolute Gasteiger partial charge is 0.378 e. The Bertz CT molecular complexity index is 521. The first kappa shape index (κ1) is 12.1. The molecule has 1 fully saturated rings. The van der Waals surface area contributed by atoms with E-state index in [1.807, 2.05) is 18.2 Å². The van der Waals surface area contributed by atoms with Crippen LogP contribution in [0.4, 0.5) is 17.1 Å². The van der Waals surface area contributed by atoms with Crippen molar-refractivity contribution in [3.05, 3.63) is 54.6 Å². The molecule has 3 rings (SSSR count). The summed E-state index contributed by atoms with van der Waals surface area (Å²) in [5, 5.41) is 3.49. The fraction of sp³-hybridized carbons (Fsp3) is 0.250. The smallest absolute Gasteiger partial charge is 0.0642 e. The Morgan fingerprint density at radius 2 is 1.53 bits per heavy atom. The Kier molecular flexibility index (Phi) is 3.65. The van der Waals surface area contributed by atoms with Crippen molar-refractivity contribution in [2.45, 2.75) is 0 Å². The van der Waals surface area contributed by atoms with Gasteiger partial charge >= 0.3 is 0 Å². The van der Waals surface area contributed by atoms with E-state index in [1.165, 1.54) is 5.69 Å². The minimum absolute atomic E-state index is 0.805. The number of hydrogen-bond donors (Lipinski definition) is 1. The summed E-state index contributed by atoms with van der Waals surface area (Å²) in [7, 11) is 0. The Labute approximate surface area is 113 Å². The van der Waals surface area contributed by atoms with Gasteiger partial charge in [-0.15, -0.1) is 0 Å². The number of morpholine rings is 1. The number of rotatable bonds is 3. The van der Waals surface area contributed by atoms with E-state index in [0.29, 0.717) is 0 Å². The fourth-order valence-corrected chi connectivity index (χ4v) is 2.34. The highest BCUT2D eigenvalue weighted by atomic mass is 16.5. The van der Waals surface area contributed by atoms with Gasteiger partial charge < -0.3 is 15.0 Å². The van der Waals surface area contributed by atoms with E-state index in [2.05, 4.69) is 46.6 Å². The molecule has 98 valence electrons. The monoisotopic (exact) mass is 254 g/mol. The van der Waals surface area contributed by atoms with Gasteiger partial charge in [-0.2, -0.15) is 0 Å². The summed E-state index contributed by atoms with van der Waals surface area (Å²) in [5.41, 5.74) is 3.51. The topological polar surface area (TPSA) is 24.5 Å². The van der Waals surface area contributed by atoms with Crippen molar-refractivity contribution in [1.82, 2.24) is 0 Å². The highest BCUT2D eigenvalue weighted by Crippen LogP contribution is 2.28. The molecule has 1 saturated heterocycles. The third-order valence-electron chi connectivity index (χ3n) is 3.31. The standard InChI is InChI=1S/C16H18N2O/c1-2-6-14(7-3-1)17-15-8-4-5-9-16(15)18-10-12-19-13-11-18/h1-9,17H,10-13H2. The van der Waals surface area contributed by atoms with Crippen LogP contribution in [0.2, 0.25) is 0 Å². The average Bonchev–Trinajstić information content (AvgIpc) is 2.50. The van der Waals surface area contributed by atoms with Crippen LogP contribution in [0.15, 0.2) is 54.6 Å². The van der Waals surface area contributed by atoms with Crippen molar-refractivity contribution in [2.75, 3.05) is 36.5 Å². The zero-order chi connectivity index (χ0) is 12.9. The summed E-state index contributed by atoms with van der Waals surface area (Å²) in [6.07, 6.45) is 0. The molecule has 1 heterocycles. The molecule has 0 radical (unpaired) electrons. The van der Waals surface area contributed by atoms with Gasteiger partial charge in [0, 0.05) is 18.8 Å². The van der Waals surface area contributed by atoms with Gasteiger partial charge in [-0.3, -0.25) is 0 Å². The molecule has 0 atom stereocenters. The van der Waals surface area contributed by atoms with Crippen molar-refractivity contribution in [3.8, 4) is 0 Å². The van der Waals surface area contributed by atoms with E-state index in [1.54, 1.807) is 0 Å². The molecule has 0 spiro atoms. The van der Waals surface area contributed by atoms with Crippen molar-refractivity contribution in [3.63, 3.8) is 0 Å². The first-order valence-electron chi connectivity index (χ1n) is 6.67. The summed E-state index contributed by atoms with van der Waals surface area (Å²) in [5.74, 6) is 0. The Balaban J connectivity index is 1.84. The van der Waals surface area contributed by atoms with Crippen LogP contribution in [0.5, 0.6) is 0 Å². The number of para-hydroxylation sites is 3. The van der Waals surface area contributed by atoms with Gasteiger partial charge in [0.1, 0.15) is 0 Å². The molecule has 2 aromatic rings. The van der Waals surface area contributed by atoms with Gasteiger partial charge in [0.05, 0.1) is 24.6 Å². The number of nitrogens with one attached hydrogen (secondary N) is 1. The van der Waals surface area contributed by atoms with Gasteiger partial charge in [-0.1, -0.05) is 30.3 Å². The number of ether oxygens (including phenoxy) is 1. The fourth-order valence-electron chi connectivity index (χ4n) is 2.34. The lowest BCUT2D eigenvalue weighted by Crippen LogP contribution is -2.36. The maximum Gasteiger partial charge on any atom is 0.0642 e. The van der Waals surface area contributed by atoms with Gasteiger partial charge in [-0.25, -0.2) is 0 Å².